The maximum atomic E-state index is 6.19. The van der Waals surface area contributed by atoms with Crippen molar-refractivity contribution in [1.82, 2.24) is 0 Å². The molecule has 0 saturated heterocycles. The van der Waals surface area contributed by atoms with Crippen LogP contribution >= 0.6 is 15.9 Å². The van der Waals surface area contributed by atoms with Crippen molar-refractivity contribution in [3.8, 4) is 5.75 Å². The number of nitrogens with two attached hydrogens (primary N) is 1. The van der Waals surface area contributed by atoms with Crippen LogP contribution in [-0.4, -0.2) is 12.1 Å². The largest absolute Gasteiger partial charge is 0.489 e. The summed E-state index contributed by atoms with van der Waals surface area (Å²) in [6.45, 7) is 6.71. The van der Waals surface area contributed by atoms with Crippen LogP contribution in [0.5, 0.6) is 5.75 Å². The molecule has 1 aliphatic carbocycles. The van der Waals surface area contributed by atoms with Gasteiger partial charge in [0.15, 0.2) is 0 Å². The Labute approximate surface area is 131 Å². The minimum atomic E-state index is 0.189. The molecular weight excluding hydrogens is 314 g/mol. The second kappa shape index (κ2) is 6.95. The monoisotopic (exact) mass is 339 g/mol. The number of hydrogen-bond donors (Lipinski definition) is 1. The van der Waals surface area contributed by atoms with E-state index in [2.05, 4.69) is 48.0 Å². The average molecular weight is 340 g/mol. The molecule has 0 radical (unpaired) electrons. The van der Waals surface area contributed by atoms with Gasteiger partial charge < -0.3 is 10.5 Å². The van der Waals surface area contributed by atoms with E-state index in [4.69, 9.17) is 10.5 Å². The van der Waals surface area contributed by atoms with Gasteiger partial charge in [0, 0.05) is 6.04 Å². The number of hydrogen-bond acceptors (Lipinski definition) is 2. The van der Waals surface area contributed by atoms with Gasteiger partial charge in [-0.05, 0) is 78.1 Å². The van der Waals surface area contributed by atoms with Crippen LogP contribution in [0.2, 0.25) is 0 Å². The summed E-state index contributed by atoms with van der Waals surface area (Å²) in [4.78, 5) is 0. The van der Waals surface area contributed by atoms with E-state index in [1.807, 2.05) is 6.92 Å². The van der Waals surface area contributed by atoms with Crippen molar-refractivity contribution < 1.29 is 4.74 Å². The van der Waals surface area contributed by atoms with Crippen LogP contribution in [0.25, 0.3) is 0 Å². The first kappa shape index (κ1) is 15.8. The van der Waals surface area contributed by atoms with Gasteiger partial charge in [0.05, 0.1) is 10.6 Å². The third-order valence-electron chi connectivity index (χ3n) is 4.40. The maximum absolute atomic E-state index is 6.19. The van der Waals surface area contributed by atoms with E-state index < -0.39 is 0 Å². The Morgan fingerprint density at radius 1 is 1.30 bits per heavy atom. The van der Waals surface area contributed by atoms with E-state index in [1.54, 1.807) is 0 Å². The van der Waals surface area contributed by atoms with Crippen LogP contribution < -0.4 is 10.5 Å². The molecule has 2 nitrogen and oxygen atoms in total. The molecule has 112 valence electrons. The van der Waals surface area contributed by atoms with E-state index >= 15 is 0 Å². The van der Waals surface area contributed by atoms with Crippen LogP contribution in [0.1, 0.15) is 45.6 Å². The third kappa shape index (κ3) is 4.23. The Kier molecular flexibility index (Phi) is 5.50. The summed E-state index contributed by atoms with van der Waals surface area (Å²) in [6, 6.07) is 6.52. The zero-order valence-corrected chi connectivity index (χ0v) is 14.3. The molecule has 0 bridgehead atoms. The Morgan fingerprint density at radius 2 is 2.05 bits per heavy atom. The maximum Gasteiger partial charge on any atom is 0.133 e. The van der Waals surface area contributed by atoms with Crippen molar-refractivity contribution in [3.63, 3.8) is 0 Å². The fourth-order valence-corrected chi connectivity index (χ4v) is 3.44. The molecule has 0 amide bonds. The Morgan fingerprint density at radius 3 is 2.65 bits per heavy atom. The zero-order valence-electron chi connectivity index (χ0n) is 12.7. The summed E-state index contributed by atoms with van der Waals surface area (Å²) in [7, 11) is 0. The lowest BCUT2D eigenvalue weighted by atomic mass is 9.80. The fraction of sp³-hybridized carbons (Fsp3) is 0.647. The number of halogens is 1. The molecule has 1 aromatic rings. The highest BCUT2D eigenvalue weighted by atomic mass is 79.9. The van der Waals surface area contributed by atoms with Crippen molar-refractivity contribution in [1.29, 1.82) is 0 Å². The molecule has 2 N–H and O–H groups in total. The van der Waals surface area contributed by atoms with Gasteiger partial charge in [-0.1, -0.05) is 19.9 Å². The predicted molar refractivity (Wildman–Crippen MR) is 88.1 cm³/mol. The Bertz CT molecular complexity index is 447. The molecule has 4 unspecified atom stereocenters. The molecule has 0 aliphatic heterocycles. The predicted octanol–water partition coefficient (Wildman–Crippen LogP) is 4.54. The SMILES string of the molecule is CC(N)Cc1ccc(OC2CCC(C)C(C)C2)c(Br)c1. The zero-order chi connectivity index (χ0) is 14.7. The normalized spacial score (nSPS) is 28.1. The van der Waals surface area contributed by atoms with Crippen molar-refractivity contribution >= 4 is 15.9 Å². The van der Waals surface area contributed by atoms with Gasteiger partial charge in [0.2, 0.25) is 0 Å². The lowest BCUT2D eigenvalue weighted by Crippen LogP contribution is -2.28. The molecule has 1 aliphatic rings. The molecule has 0 spiro atoms. The topological polar surface area (TPSA) is 35.2 Å². The van der Waals surface area contributed by atoms with Crippen molar-refractivity contribution in [2.24, 2.45) is 17.6 Å². The van der Waals surface area contributed by atoms with Crippen LogP contribution in [0.15, 0.2) is 22.7 Å². The third-order valence-corrected chi connectivity index (χ3v) is 5.02. The van der Waals surface area contributed by atoms with Crippen LogP contribution in [0, 0.1) is 11.8 Å². The lowest BCUT2D eigenvalue weighted by Gasteiger charge is -2.32. The molecular formula is C17H26BrNO. The van der Waals surface area contributed by atoms with Gasteiger partial charge in [-0.15, -0.1) is 0 Å². The summed E-state index contributed by atoms with van der Waals surface area (Å²) in [5.74, 6) is 2.54. The van der Waals surface area contributed by atoms with E-state index in [0.717, 1.165) is 34.9 Å². The molecule has 4 atom stereocenters. The standard InChI is InChI=1S/C17H26BrNO/c1-11-4-6-15(8-12(11)2)20-17-7-5-14(9-13(3)19)10-16(17)18/h5,7,10-13,15H,4,6,8-9,19H2,1-3H3. The molecule has 0 heterocycles. The van der Waals surface area contributed by atoms with E-state index in [-0.39, 0.29) is 6.04 Å². The van der Waals surface area contributed by atoms with Crippen molar-refractivity contribution in [2.45, 2.75) is 58.6 Å². The summed E-state index contributed by atoms with van der Waals surface area (Å²) in [5, 5.41) is 0. The molecule has 1 saturated carbocycles. The Hall–Kier alpha value is -0.540. The van der Waals surface area contributed by atoms with Crippen LogP contribution in [-0.2, 0) is 6.42 Å². The molecule has 1 aromatic carbocycles. The van der Waals surface area contributed by atoms with Crippen molar-refractivity contribution in [3.05, 3.63) is 28.2 Å². The summed E-state index contributed by atoms with van der Waals surface area (Å²) >= 11 is 3.63. The summed E-state index contributed by atoms with van der Waals surface area (Å²) in [5.41, 5.74) is 7.10. The molecule has 20 heavy (non-hydrogen) atoms. The second-order valence-corrected chi connectivity index (χ2v) is 7.31. The highest BCUT2D eigenvalue weighted by Gasteiger charge is 2.26. The fourth-order valence-electron chi connectivity index (χ4n) is 2.92. The number of benzene rings is 1. The van der Waals surface area contributed by atoms with Gasteiger partial charge in [0.25, 0.3) is 0 Å². The molecule has 0 aromatic heterocycles. The van der Waals surface area contributed by atoms with Gasteiger partial charge in [-0.25, -0.2) is 0 Å². The van der Waals surface area contributed by atoms with Crippen LogP contribution in [0.3, 0.4) is 0 Å². The van der Waals surface area contributed by atoms with Gasteiger partial charge in [-0.3, -0.25) is 0 Å². The van der Waals surface area contributed by atoms with Gasteiger partial charge in [0.1, 0.15) is 5.75 Å². The smallest absolute Gasteiger partial charge is 0.133 e. The number of ether oxygens (including phenoxy) is 1. The first-order chi connectivity index (χ1) is 9.45. The second-order valence-electron chi connectivity index (χ2n) is 6.45. The average Bonchev–Trinajstić information content (AvgIpc) is 2.36. The van der Waals surface area contributed by atoms with E-state index in [0.29, 0.717) is 6.10 Å². The van der Waals surface area contributed by atoms with Crippen LogP contribution in [0.4, 0.5) is 0 Å². The highest BCUT2D eigenvalue weighted by Crippen LogP contribution is 2.34. The highest BCUT2D eigenvalue weighted by molar-refractivity contribution is 9.10. The lowest BCUT2D eigenvalue weighted by molar-refractivity contribution is 0.0999. The minimum Gasteiger partial charge on any atom is -0.489 e. The Balaban J connectivity index is 1.99. The minimum absolute atomic E-state index is 0.189. The van der Waals surface area contributed by atoms with Crippen molar-refractivity contribution in [2.75, 3.05) is 0 Å². The first-order valence-corrected chi connectivity index (χ1v) is 8.45. The van der Waals surface area contributed by atoms with Gasteiger partial charge >= 0.3 is 0 Å². The summed E-state index contributed by atoms with van der Waals surface area (Å²) < 4.78 is 7.23. The number of rotatable bonds is 4. The quantitative estimate of drug-likeness (QED) is 0.873. The first-order valence-electron chi connectivity index (χ1n) is 7.66. The van der Waals surface area contributed by atoms with E-state index in [9.17, 15) is 0 Å². The van der Waals surface area contributed by atoms with Gasteiger partial charge in [-0.2, -0.15) is 0 Å². The summed E-state index contributed by atoms with van der Waals surface area (Å²) in [6.07, 6.45) is 4.86. The molecule has 2 rings (SSSR count). The molecule has 1 fully saturated rings. The molecule has 3 heteroatoms. The van der Waals surface area contributed by atoms with E-state index in [1.165, 1.54) is 18.4 Å².